The van der Waals surface area contributed by atoms with Gasteiger partial charge in [-0.15, -0.1) is 10.2 Å². The summed E-state index contributed by atoms with van der Waals surface area (Å²) in [5.74, 6) is 4.42. The molecule has 3 heterocycles. The number of thioether (sulfide) groups is 1. The standard InChI is InChI=1S/C11H12BrN3S/c12-9-2-1-4-15-10(13-14-11(9)15)6-8-3-5-16-7-8/h1-2,4,8H,3,5-7H2. The Morgan fingerprint density at radius 2 is 2.44 bits per heavy atom. The van der Waals surface area contributed by atoms with Gasteiger partial charge in [0.2, 0.25) is 0 Å². The summed E-state index contributed by atoms with van der Waals surface area (Å²) >= 11 is 5.54. The molecule has 1 atom stereocenters. The van der Waals surface area contributed by atoms with Crippen LogP contribution in [0.25, 0.3) is 5.65 Å². The summed E-state index contributed by atoms with van der Waals surface area (Å²) in [7, 11) is 0. The molecule has 0 saturated carbocycles. The van der Waals surface area contributed by atoms with Crippen molar-refractivity contribution < 1.29 is 0 Å². The summed E-state index contributed by atoms with van der Waals surface area (Å²) in [5.41, 5.74) is 0.920. The summed E-state index contributed by atoms with van der Waals surface area (Å²) in [6.07, 6.45) is 4.40. The second-order valence-corrected chi connectivity index (χ2v) is 6.10. The van der Waals surface area contributed by atoms with E-state index < -0.39 is 0 Å². The first kappa shape index (κ1) is 10.6. The molecule has 0 N–H and O–H groups in total. The fourth-order valence-electron chi connectivity index (χ4n) is 2.07. The molecule has 0 amide bonds. The molecule has 2 aromatic rings. The van der Waals surface area contributed by atoms with E-state index in [9.17, 15) is 0 Å². The first-order chi connectivity index (χ1) is 7.84. The molecule has 0 spiro atoms. The number of hydrogen-bond donors (Lipinski definition) is 0. The van der Waals surface area contributed by atoms with Crippen LogP contribution in [-0.4, -0.2) is 26.1 Å². The largest absolute Gasteiger partial charge is 0.285 e. The minimum Gasteiger partial charge on any atom is -0.285 e. The van der Waals surface area contributed by atoms with Crippen molar-refractivity contribution in [3.05, 3.63) is 28.6 Å². The first-order valence-corrected chi connectivity index (χ1v) is 7.35. The van der Waals surface area contributed by atoms with Gasteiger partial charge in [0.15, 0.2) is 5.65 Å². The highest BCUT2D eigenvalue weighted by molar-refractivity contribution is 9.10. The van der Waals surface area contributed by atoms with Gasteiger partial charge < -0.3 is 0 Å². The summed E-state index contributed by atoms with van der Waals surface area (Å²) < 4.78 is 3.10. The Balaban J connectivity index is 1.94. The lowest BCUT2D eigenvalue weighted by atomic mass is 10.1. The lowest BCUT2D eigenvalue weighted by Gasteiger charge is -2.05. The van der Waals surface area contributed by atoms with Crippen molar-refractivity contribution in [2.24, 2.45) is 5.92 Å². The van der Waals surface area contributed by atoms with E-state index in [1.807, 2.05) is 30.1 Å². The average molecular weight is 298 g/mol. The van der Waals surface area contributed by atoms with Crippen molar-refractivity contribution in [2.45, 2.75) is 12.8 Å². The fraction of sp³-hybridized carbons (Fsp3) is 0.455. The van der Waals surface area contributed by atoms with Crippen LogP contribution < -0.4 is 0 Å². The Hall–Kier alpha value is -0.550. The highest BCUT2D eigenvalue weighted by Crippen LogP contribution is 2.26. The van der Waals surface area contributed by atoms with Gasteiger partial charge in [-0.1, -0.05) is 0 Å². The number of hydrogen-bond acceptors (Lipinski definition) is 3. The number of nitrogens with zero attached hydrogens (tertiary/aromatic N) is 3. The summed E-state index contributed by atoms with van der Waals surface area (Å²) in [6, 6.07) is 4.02. The smallest absolute Gasteiger partial charge is 0.175 e. The van der Waals surface area contributed by atoms with Crippen LogP contribution in [0.5, 0.6) is 0 Å². The van der Waals surface area contributed by atoms with Crippen molar-refractivity contribution in [1.82, 2.24) is 14.6 Å². The van der Waals surface area contributed by atoms with Gasteiger partial charge in [-0.05, 0) is 51.9 Å². The highest BCUT2D eigenvalue weighted by atomic mass is 79.9. The number of pyridine rings is 1. The van der Waals surface area contributed by atoms with Crippen molar-refractivity contribution in [1.29, 1.82) is 0 Å². The van der Waals surface area contributed by atoms with Gasteiger partial charge in [-0.3, -0.25) is 4.40 Å². The third-order valence-electron chi connectivity index (χ3n) is 2.95. The molecule has 84 valence electrons. The predicted molar refractivity (Wildman–Crippen MR) is 69.8 cm³/mol. The van der Waals surface area contributed by atoms with Crippen molar-refractivity contribution in [3.8, 4) is 0 Å². The first-order valence-electron chi connectivity index (χ1n) is 5.40. The Kier molecular flexibility index (Phi) is 2.90. The average Bonchev–Trinajstić information content (AvgIpc) is 2.90. The topological polar surface area (TPSA) is 30.2 Å². The highest BCUT2D eigenvalue weighted by Gasteiger charge is 2.19. The molecular weight excluding hydrogens is 286 g/mol. The van der Waals surface area contributed by atoms with Gasteiger partial charge in [0.05, 0.1) is 4.47 Å². The summed E-state index contributed by atoms with van der Waals surface area (Å²) in [6.45, 7) is 0. The molecule has 0 aliphatic carbocycles. The van der Waals surface area contributed by atoms with Gasteiger partial charge in [-0.25, -0.2) is 0 Å². The maximum atomic E-state index is 4.29. The van der Waals surface area contributed by atoms with E-state index in [1.54, 1.807) is 0 Å². The minimum atomic E-state index is 0.774. The molecule has 0 radical (unpaired) electrons. The molecule has 0 bridgehead atoms. The normalized spacial score (nSPS) is 20.7. The van der Waals surface area contributed by atoms with E-state index in [0.29, 0.717) is 0 Å². The van der Waals surface area contributed by atoms with Crippen molar-refractivity contribution in [3.63, 3.8) is 0 Å². The lowest BCUT2D eigenvalue weighted by molar-refractivity contribution is 0.572. The van der Waals surface area contributed by atoms with Gasteiger partial charge in [0.1, 0.15) is 5.82 Å². The van der Waals surface area contributed by atoms with Crippen LogP contribution in [0.3, 0.4) is 0 Å². The zero-order valence-corrected chi connectivity index (χ0v) is 11.2. The predicted octanol–water partition coefficient (Wildman–Crippen LogP) is 2.79. The number of aromatic nitrogens is 3. The molecule has 1 aliphatic rings. The Labute approximate surface area is 107 Å². The number of rotatable bonds is 2. The molecule has 1 saturated heterocycles. The van der Waals surface area contributed by atoms with E-state index in [1.165, 1.54) is 17.9 Å². The van der Waals surface area contributed by atoms with E-state index in [2.05, 4.69) is 30.5 Å². The molecular formula is C11H12BrN3S. The van der Waals surface area contributed by atoms with Crippen LogP contribution in [-0.2, 0) is 6.42 Å². The van der Waals surface area contributed by atoms with Gasteiger partial charge in [0.25, 0.3) is 0 Å². The number of fused-ring (bicyclic) bond motifs is 1. The van der Waals surface area contributed by atoms with E-state index >= 15 is 0 Å². The van der Waals surface area contributed by atoms with Crippen LogP contribution >= 0.6 is 27.7 Å². The SMILES string of the molecule is Brc1cccn2c(CC3CCSC3)nnc12. The molecule has 1 unspecified atom stereocenters. The maximum absolute atomic E-state index is 4.29. The zero-order valence-electron chi connectivity index (χ0n) is 8.77. The van der Waals surface area contributed by atoms with Crippen molar-refractivity contribution >= 4 is 33.3 Å². The Bertz CT molecular complexity index is 505. The fourth-order valence-corrected chi connectivity index (χ4v) is 3.78. The molecule has 2 aromatic heterocycles. The zero-order chi connectivity index (χ0) is 11.0. The second-order valence-electron chi connectivity index (χ2n) is 4.10. The van der Waals surface area contributed by atoms with E-state index in [4.69, 9.17) is 0 Å². The minimum absolute atomic E-state index is 0.774. The van der Waals surface area contributed by atoms with Gasteiger partial charge in [0, 0.05) is 12.6 Å². The van der Waals surface area contributed by atoms with Crippen LogP contribution in [0.1, 0.15) is 12.2 Å². The Morgan fingerprint density at radius 1 is 1.50 bits per heavy atom. The van der Waals surface area contributed by atoms with Gasteiger partial charge in [-0.2, -0.15) is 11.8 Å². The van der Waals surface area contributed by atoms with Crippen LogP contribution in [0, 0.1) is 5.92 Å². The monoisotopic (exact) mass is 297 g/mol. The van der Waals surface area contributed by atoms with Crippen LogP contribution in [0.4, 0.5) is 0 Å². The van der Waals surface area contributed by atoms with Crippen LogP contribution in [0.2, 0.25) is 0 Å². The molecule has 1 aliphatic heterocycles. The number of halogens is 1. The second kappa shape index (κ2) is 4.37. The summed E-state index contributed by atoms with van der Waals surface area (Å²) in [4.78, 5) is 0. The Morgan fingerprint density at radius 3 is 3.25 bits per heavy atom. The molecule has 0 aromatic carbocycles. The third kappa shape index (κ3) is 1.86. The maximum Gasteiger partial charge on any atom is 0.175 e. The molecule has 3 nitrogen and oxygen atoms in total. The van der Waals surface area contributed by atoms with Crippen LogP contribution in [0.15, 0.2) is 22.8 Å². The molecule has 3 rings (SSSR count). The quantitative estimate of drug-likeness (QED) is 0.854. The van der Waals surface area contributed by atoms with E-state index in [0.717, 1.165) is 28.3 Å². The molecule has 1 fully saturated rings. The van der Waals surface area contributed by atoms with Gasteiger partial charge >= 0.3 is 0 Å². The summed E-state index contributed by atoms with van der Waals surface area (Å²) in [5, 5.41) is 8.51. The molecule has 5 heteroatoms. The molecule has 16 heavy (non-hydrogen) atoms. The lowest BCUT2D eigenvalue weighted by Crippen LogP contribution is -2.06. The third-order valence-corrected chi connectivity index (χ3v) is 4.80. The van der Waals surface area contributed by atoms with Crippen molar-refractivity contribution in [2.75, 3.05) is 11.5 Å². The van der Waals surface area contributed by atoms with E-state index in [-0.39, 0.29) is 0 Å².